The lowest BCUT2D eigenvalue weighted by molar-refractivity contribution is -0.209. The molecule has 1 N–H and O–H groups in total. The second-order valence-electron chi connectivity index (χ2n) is 16.2. The molecule has 1 aromatic carbocycles. The Balaban J connectivity index is 1.48. The second-order valence-corrected chi connectivity index (χ2v) is 21.7. The van der Waals surface area contributed by atoms with Gasteiger partial charge in [-0.2, -0.15) is 8.78 Å². The number of fused-ring (bicyclic) bond motifs is 4. The van der Waals surface area contributed by atoms with E-state index in [9.17, 15) is 9.50 Å². The van der Waals surface area contributed by atoms with Gasteiger partial charge in [-0.05, 0) is 120 Å². The molecule has 1 aliphatic heterocycles. The predicted molar refractivity (Wildman–Crippen MR) is 180 cm³/mol. The normalized spacial score (nSPS) is 32.4. The van der Waals surface area contributed by atoms with Gasteiger partial charge in [0.15, 0.2) is 5.79 Å². The summed E-state index contributed by atoms with van der Waals surface area (Å²) in [6.45, 7) is 17.7. The number of aryl methyl sites for hydroxylation is 1. The molecule has 0 radical (unpaired) electrons. The highest BCUT2D eigenvalue weighted by molar-refractivity contribution is 6.90. The quantitative estimate of drug-likeness (QED) is 0.254. The van der Waals surface area contributed by atoms with E-state index in [1.807, 2.05) is 19.9 Å². The van der Waals surface area contributed by atoms with Crippen molar-refractivity contribution in [3.05, 3.63) is 57.9 Å². The summed E-state index contributed by atoms with van der Waals surface area (Å²) < 4.78 is 60.3. The van der Waals surface area contributed by atoms with Gasteiger partial charge in [-0.3, -0.25) is 0 Å². The van der Waals surface area contributed by atoms with E-state index in [0.717, 1.165) is 36.8 Å². The molecule has 1 saturated heterocycles. The average molecular weight is 655 g/mol. The molecule has 2 unspecified atom stereocenters. The highest BCUT2D eigenvalue weighted by Crippen LogP contribution is 2.69. The van der Waals surface area contributed by atoms with Crippen molar-refractivity contribution in [2.75, 3.05) is 13.2 Å². The molecule has 5 aliphatic rings. The van der Waals surface area contributed by atoms with Gasteiger partial charge >= 0.3 is 5.92 Å². The Kier molecular flexibility index (Phi) is 8.61. The predicted octanol–water partition coefficient (Wildman–Crippen LogP) is 9.80. The van der Waals surface area contributed by atoms with Crippen molar-refractivity contribution in [1.82, 2.24) is 0 Å². The monoisotopic (exact) mass is 654 g/mol. The lowest BCUT2D eigenvalue weighted by Gasteiger charge is -2.56. The van der Waals surface area contributed by atoms with E-state index in [4.69, 9.17) is 9.47 Å². The van der Waals surface area contributed by atoms with Crippen LogP contribution in [0.25, 0.3) is 0 Å². The standard InChI is InChI=1S/C39H53F3O3Si/c1-24(2)46(25(3)4,26(5)6)20-17-39(41,42)38(43)16-14-34-32-11-9-28-22-37(44-18-19-45-37)15-13-31(28)35(32)33(23-36(34,38)8)30-12-10-29(40)21-27(30)7/h10,12,21-22,24-26,32-34,43H,9,11,13-16,18-19,23H2,1-8H3/t32?,33-,34?,36+,38+/m1/s1. The van der Waals surface area contributed by atoms with Crippen molar-refractivity contribution in [2.45, 2.75) is 140 Å². The highest BCUT2D eigenvalue weighted by Gasteiger charge is 2.71. The molecule has 1 heterocycles. The lowest BCUT2D eigenvalue weighted by atomic mass is 9.50. The van der Waals surface area contributed by atoms with Crippen molar-refractivity contribution in [2.24, 2.45) is 17.3 Å². The van der Waals surface area contributed by atoms with Crippen LogP contribution >= 0.6 is 0 Å². The Labute approximate surface area is 275 Å². The van der Waals surface area contributed by atoms with Crippen LogP contribution in [0.5, 0.6) is 0 Å². The van der Waals surface area contributed by atoms with Crippen molar-refractivity contribution in [3.8, 4) is 11.5 Å². The Hall–Kier alpha value is -1.85. The number of ether oxygens (including phenoxy) is 2. The van der Waals surface area contributed by atoms with E-state index in [1.54, 1.807) is 6.07 Å². The first-order valence-corrected chi connectivity index (χ1v) is 19.9. The molecule has 3 nitrogen and oxygen atoms in total. The lowest BCUT2D eigenvalue weighted by Crippen LogP contribution is -2.60. The number of hydrogen-bond acceptors (Lipinski definition) is 3. The van der Waals surface area contributed by atoms with Gasteiger partial charge in [-0.15, -0.1) is 5.54 Å². The Morgan fingerprint density at radius 3 is 2.24 bits per heavy atom. The summed E-state index contributed by atoms with van der Waals surface area (Å²) in [6.07, 6.45) is 6.30. The molecule has 1 spiro atoms. The van der Waals surface area contributed by atoms with Crippen LogP contribution in [0, 0.1) is 41.5 Å². The first kappa shape index (κ1) is 34.0. The number of hydrogen-bond donors (Lipinski definition) is 1. The van der Waals surface area contributed by atoms with Crippen molar-refractivity contribution in [3.63, 3.8) is 0 Å². The van der Waals surface area contributed by atoms with Crippen LogP contribution in [-0.4, -0.2) is 43.7 Å². The maximum Gasteiger partial charge on any atom is 0.336 e. The Morgan fingerprint density at radius 1 is 0.978 bits per heavy atom. The van der Waals surface area contributed by atoms with Crippen molar-refractivity contribution in [1.29, 1.82) is 0 Å². The van der Waals surface area contributed by atoms with E-state index in [1.165, 1.54) is 22.8 Å². The summed E-state index contributed by atoms with van der Waals surface area (Å²) in [7, 11) is -2.45. The third-order valence-corrected chi connectivity index (χ3v) is 19.5. The zero-order chi connectivity index (χ0) is 33.4. The third kappa shape index (κ3) is 4.94. The molecule has 2 saturated carbocycles. The molecule has 3 fully saturated rings. The van der Waals surface area contributed by atoms with Crippen LogP contribution in [0.3, 0.4) is 0 Å². The van der Waals surface area contributed by atoms with Gasteiger partial charge in [0.05, 0.1) is 13.2 Å². The molecule has 0 amide bonds. The van der Waals surface area contributed by atoms with Gasteiger partial charge in [0, 0.05) is 17.8 Å². The minimum atomic E-state index is -3.56. The Morgan fingerprint density at radius 2 is 1.63 bits per heavy atom. The van der Waals surface area contributed by atoms with Crippen molar-refractivity contribution < 1.29 is 27.8 Å². The zero-order valence-electron chi connectivity index (χ0n) is 29.0. The Bertz CT molecular complexity index is 1470. The van der Waals surface area contributed by atoms with Crippen molar-refractivity contribution >= 4 is 8.07 Å². The number of alkyl halides is 2. The fraction of sp³-hybridized carbons (Fsp3) is 0.692. The molecule has 0 bridgehead atoms. The minimum Gasteiger partial charge on any atom is -0.382 e. The minimum absolute atomic E-state index is 0.0250. The van der Waals surface area contributed by atoms with E-state index >= 15 is 8.78 Å². The molecule has 5 atom stereocenters. The van der Waals surface area contributed by atoms with E-state index < -0.39 is 30.8 Å². The smallest absolute Gasteiger partial charge is 0.336 e. The maximum atomic E-state index is 16.9. The number of halogens is 3. The zero-order valence-corrected chi connectivity index (χ0v) is 30.0. The molecular formula is C39H53F3O3Si. The molecule has 1 aromatic rings. The molecule has 0 aromatic heterocycles. The molecule has 46 heavy (non-hydrogen) atoms. The van der Waals surface area contributed by atoms with Crippen LogP contribution in [0.15, 0.2) is 41.0 Å². The van der Waals surface area contributed by atoms with Crippen LogP contribution in [0.4, 0.5) is 13.2 Å². The molecular weight excluding hydrogens is 602 g/mol. The summed E-state index contributed by atoms with van der Waals surface area (Å²) in [5.41, 5.74) is 6.22. The van der Waals surface area contributed by atoms with Gasteiger partial charge in [0.25, 0.3) is 0 Å². The summed E-state index contributed by atoms with van der Waals surface area (Å²) in [5.74, 6) is -2.22. The fourth-order valence-electron chi connectivity index (χ4n) is 11.0. The van der Waals surface area contributed by atoms with Gasteiger partial charge in [-0.25, -0.2) is 4.39 Å². The SMILES string of the molecule is Cc1cc(F)ccc1[C@H]1C[C@@]2(C)C(CC[C@@]2(O)C(F)(F)C#C[Si](C(C)C)(C(C)C)C(C)C)C2CCC3=CC4(CCC3=C21)OCCO4. The number of allylic oxidation sites excluding steroid dienone is 3. The van der Waals surface area contributed by atoms with E-state index in [2.05, 4.69) is 59.1 Å². The van der Waals surface area contributed by atoms with Crippen LogP contribution in [0.2, 0.25) is 16.6 Å². The van der Waals surface area contributed by atoms with Crippen LogP contribution in [0.1, 0.15) is 110 Å². The van der Waals surface area contributed by atoms with Crippen LogP contribution < -0.4 is 0 Å². The highest BCUT2D eigenvalue weighted by atomic mass is 28.3. The topological polar surface area (TPSA) is 38.7 Å². The summed E-state index contributed by atoms with van der Waals surface area (Å²) >= 11 is 0. The second kappa shape index (κ2) is 11.6. The first-order chi connectivity index (χ1) is 21.5. The average Bonchev–Trinajstić information content (AvgIpc) is 3.54. The maximum absolute atomic E-state index is 16.9. The van der Waals surface area contributed by atoms with Crippen LogP contribution in [-0.2, 0) is 9.47 Å². The van der Waals surface area contributed by atoms with Gasteiger partial charge in [-0.1, -0.05) is 60.1 Å². The number of rotatable bonds is 5. The molecule has 7 heteroatoms. The van der Waals surface area contributed by atoms with Gasteiger partial charge in [0.2, 0.25) is 0 Å². The fourth-order valence-corrected chi connectivity index (χ4v) is 16.3. The van der Waals surface area contributed by atoms with E-state index in [-0.39, 0.29) is 46.6 Å². The molecule has 4 aliphatic carbocycles. The van der Waals surface area contributed by atoms with Gasteiger partial charge < -0.3 is 14.6 Å². The summed E-state index contributed by atoms with van der Waals surface area (Å²) in [4.78, 5) is 0. The van der Waals surface area contributed by atoms with Gasteiger partial charge in [0.1, 0.15) is 19.5 Å². The third-order valence-electron chi connectivity index (χ3n) is 13.3. The number of benzene rings is 1. The molecule has 6 rings (SSSR count). The largest absolute Gasteiger partial charge is 0.382 e. The first-order valence-electron chi connectivity index (χ1n) is 17.7. The van der Waals surface area contributed by atoms with E-state index in [0.29, 0.717) is 26.1 Å². The summed E-state index contributed by atoms with van der Waals surface area (Å²) in [6, 6.07) is 4.88. The molecule has 252 valence electrons. The number of aliphatic hydroxyl groups is 1. The summed E-state index contributed by atoms with van der Waals surface area (Å²) in [5, 5.41) is 12.5.